The summed E-state index contributed by atoms with van der Waals surface area (Å²) >= 11 is 0. The zero-order chi connectivity index (χ0) is 10.8. The van der Waals surface area contributed by atoms with Crippen LogP contribution in [-0.4, -0.2) is 0 Å². The minimum absolute atomic E-state index is 0.840. The van der Waals surface area contributed by atoms with Gasteiger partial charge in [-0.25, -0.2) is 0 Å². The molecule has 0 aliphatic heterocycles. The van der Waals surface area contributed by atoms with Gasteiger partial charge in [-0.05, 0) is 66.6 Å². The lowest BCUT2D eigenvalue weighted by Crippen LogP contribution is -2.27. The van der Waals surface area contributed by atoms with Gasteiger partial charge >= 0.3 is 0 Å². The second kappa shape index (κ2) is 3.02. The van der Waals surface area contributed by atoms with Gasteiger partial charge in [-0.2, -0.15) is 0 Å². The van der Waals surface area contributed by atoms with Gasteiger partial charge in [0, 0.05) is 0 Å². The number of hydrogen-bond acceptors (Lipinski definition) is 0. The van der Waals surface area contributed by atoms with Crippen LogP contribution in [0.15, 0.2) is 0 Å². The van der Waals surface area contributed by atoms with Crippen molar-refractivity contribution in [1.82, 2.24) is 0 Å². The van der Waals surface area contributed by atoms with Gasteiger partial charge in [0.25, 0.3) is 0 Å². The molecular formula is C15H26. The Kier molecular flexibility index (Phi) is 2.05. The van der Waals surface area contributed by atoms with Gasteiger partial charge in [-0.15, -0.1) is 0 Å². The van der Waals surface area contributed by atoms with Crippen molar-refractivity contribution >= 4 is 0 Å². The molecule has 0 aromatic heterocycles. The maximum absolute atomic E-state index is 2.54. The fourth-order valence-corrected chi connectivity index (χ4v) is 5.60. The molecule has 0 radical (unpaired) electrons. The molecule has 0 heteroatoms. The van der Waals surface area contributed by atoms with Crippen molar-refractivity contribution in [2.75, 3.05) is 0 Å². The van der Waals surface area contributed by atoms with Gasteiger partial charge in [-0.1, -0.05) is 27.7 Å². The first kappa shape index (κ1) is 10.2. The third-order valence-electron chi connectivity index (χ3n) is 6.33. The summed E-state index contributed by atoms with van der Waals surface area (Å²) in [6.07, 6.45) is 6.13. The highest BCUT2D eigenvalue weighted by Gasteiger charge is 2.73. The monoisotopic (exact) mass is 206 g/mol. The van der Waals surface area contributed by atoms with Crippen LogP contribution in [0.5, 0.6) is 0 Å². The fraction of sp³-hybridized carbons (Fsp3) is 1.00. The highest BCUT2D eigenvalue weighted by atomic mass is 14.8. The Hall–Kier alpha value is 0. The van der Waals surface area contributed by atoms with E-state index in [9.17, 15) is 0 Å². The minimum Gasteiger partial charge on any atom is -0.0625 e. The third kappa shape index (κ3) is 1.09. The van der Waals surface area contributed by atoms with E-state index in [1.54, 1.807) is 6.42 Å². The maximum Gasteiger partial charge on any atom is -0.0204 e. The van der Waals surface area contributed by atoms with Crippen molar-refractivity contribution in [1.29, 1.82) is 0 Å². The molecule has 15 heavy (non-hydrogen) atoms. The van der Waals surface area contributed by atoms with E-state index in [1.807, 2.05) is 0 Å². The average molecular weight is 206 g/mol. The van der Waals surface area contributed by atoms with Crippen molar-refractivity contribution in [2.24, 2.45) is 40.9 Å². The summed E-state index contributed by atoms with van der Waals surface area (Å²) in [7, 11) is 0. The Labute approximate surface area is 94.8 Å². The molecule has 3 saturated carbocycles. The van der Waals surface area contributed by atoms with Crippen LogP contribution >= 0.6 is 0 Å². The molecule has 0 aromatic carbocycles. The van der Waals surface area contributed by atoms with E-state index in [1.165, 1.54) is 19.3 Å². The molecule has 1 spiro atoms. The van der Waals surface area contributed by atoms with Crippen LogP contribution in [0.3, 0.4) is 0 Å². The molecule has 6 atom stereocenters. The van der Waals surface area contributed by atoms with Crippen molar-refractivity contribution in [2.45, 2.75) is 53.4 Å². The molecule has 0 bridgehead atoms. The summed E-state index contributed by atoms with van der Waals surface area (Å²) in [4.78, 5) is 0. The molecule has 0 aromatic rings. The molecule has 3 aliphatic rings. The zero-order valence-electron chi connectivity index (χ0n) is 10.8. The molecule has 3 fully saturated rings. The van der Waals surface area contributed by atoms with Crippen LogP contribution < -0.4 is 0 Å². The molecule has 3 rings (SSSR count). The lowest BCUT2D eigenvalue weighted by molar-refractivity contribution is 0.139. The Balaban J connectivity index is 1.88. The van der Waals surface area contributed by atoms with E-state index < -0.39 is 0 Å². The van der Waals surface area contributed by atoms with Crippen molar-refractivity contribution in [3.63, 3.8) is 0 Å². The molecule has 0 heterocycles. The summed E-state index contributed by atoms with van der Waals surface area (Å²) < 4.78 is 0. The smallest absolute Gasteiger partial charge is 0.0204 e. The van der Waals surface area contributed by atoms with Gasteiger partial charge in [-0.3, -0.25) is 0 Å². The normalized spacial score (nSPS) is 57.8. The molecule has 0 saturated heterocycles. The van der Waals surface area contributed by atoms with Crippen molar-refractivity contribution in [3.05, 3.63) is 0 Å². The Bertz CT molecular complexity index is 267. The van der Waals surface area contributed by atoms with Gasteiger partial charge in [0.15, 0.2) is 0 Å². The highest BCUT2D eigenvalue weighted by Crippen LogP contribution is 2.79. The largest absolute Gasteiger partial charge is 0.0625 e. The topological polar surface area (TPSA) is 0 Å². The molecule has 0 nitrogen and oxygen atoms in total. The van der Waals surface area contributed by atoms with Crippen LogP contribution in [0.25, 0.3) is 0 Å². The first-order chi connectivity index (χ1) is 7.09. The van der Waals surface area contributed by atoms with Gasteiger partial charge in [0.2, 0.25) is 0 Å². The van der Waals surface area contributed by atoms with Crippen LogP contribution in [0.1, 0.15) is 53.4 Å². The van der Waals surface area contributed by atoms with Crippen molar-refractivity contribution < 1.29 is 0 Å². The second-order valence-electron chi connectivity index (χ2n) is 7.07. The molecule has 3 aliphatic carbocycles. The molecule has 4 unspecified atom stereocenters. The van der Waals surface area contributed by atoms with E-state index in [4.69, 9.17) is 0 Å². The number of fused-ring (bicyclic) bond motifs is 1. The molecule has 0 N–H and O–H groups in total. The van der Waals surface area contributed by atoms with E-state index in [2.05, 4.69) is 27.7 Å². The first-order valence-corrected chi connectivity index (χ1v) is 7.09. The van der Waals surface area contributed by atoms with Crippen LogP contribution in [-0.2, 0) is 0 Å². The molecule has 86 valence electrons. The number of rotatable bonds is 1. The van der Waals surface area contributed by atoms with Crippen LogP contribution in [0.2, 0.25) is 0 Å². The van der Waals surface area contributed by atoms with E-state index in [-0.39, 0.29) is 0 Å². The highest BCUT2D eigenvalue weighted by molar-refractivity contribution is 5.21. The average Bonchev–Trinajstić information content (AvgIpc) is 2.75. The Morgan fingerprint density at radius 1 is 1.00 bits per heavy atom. The molecular weight excluding hydrogens is 180 g/mol. The third-order valence-corrected chi connectivity index (χ3v) is 6.33. The van der Waals surface area contributed by atoms with E-state index >= 15 is 0 Å². The van der Waals surface area contributed by atoms with Gasteiger partial charge < -0.3 is 0 Å². The zero-order valence-corrected chi connectivity index (χ0v) is 10.8. The van der Waals surface area contributed by atoms with Crippen LogP contribution in [0.4, 0.5) is 0 Å². The lowest BCUT2D eigenvalue weighted by Gasteiger charge is -2.35. The predicted octanol–water partition coefficient (Wildman–Crippen LogP) is 4.35. The lowest BCUT2D eigenvalue weighted by atomic mass is 9.70. The quantitative estimate of drug-likeness (QED) is 0.598. The standard InChI is InChI=1S/C15H26/c1-9(2)12-6-5-11(4)15-8-7-10(3)13(15)14(12)15/h9-14H,5-8H2,1-4H3/t10?,11?,12?,13-,14-,15?/m1/s1. The summed E-state index contributed by atoms with van der Waals surface area (Å²) in [6, 6.07) is 0. The van der Waals surface area contributed by atoms with Gasteiger partial charge in [0.1, 0.15) is 0 Å². The summed E-state index contributed by atoms with van der Waals surface area (Å²) in [6.45, 7) is 9.96. The second-order valence-corrected chi connectivity index (χ2v) is 7.07. The summed E-state index contributed by atoms with van der Waals surface area (Å²) in [5, 5.41) is 0. The van der Waals surface area contributed by atoms with E-state index in [0.29, 0.717) is 0 Å². The number of hydrogen-bond donors (Lipinski definition) is 0. The first-order valence-electron chi connectivity index (χ1n) is 7.09. The van der Waals surface area contributed by atoms with E-state index in [0.717, 1.165) is 40.9 Å². The Morgan fingerprint density at radius 3 is 2.40 bits per heavy atom. The Morgan fingerprint density at radius 2 is 1.73 bits per heavy atom. The summed E-state index contributed by atoms with van der Waals surface area (Å²) in [5.74, 6) is 6.32. The summed E-state index contributed by atoms with van der Waals surface area (Å²) in [5.41, 5.74) is 0.840. The van der Waals surface area contributed by atoms with Gasteiger partial charge in [0.05, 0.1) is 0 Å². The molecule has 0 amide bonds. The van der Waals surface area contributed by atoms with Crippen LogP contribution in [0, 0.1) is 40.9 Å². The predicted molar refractivity (Wildman–Crippen MR) is 64.5 cm³/mol. The van der Waals surface area contributed by atoms with Crippen molar-refractivity contribution in [3.8, 4) is 0 Å². The maximum atomic E-state index is 2.54. The fourth-order valence-electron chi connectivity index (χ4n) is 5.60. The minimum atomic E-state index is 0.840. The SMILES string of the molecule is CC(C)C1CCC(C)C23CCC(C)[C@@H]2[C@@H]13.